The van der Waals surface area contributed by atoms with Crippen LogP contribution in [0, 0.1) is 0 Å². The molecule has 1 aliphatic rings. The molecule has 1 aromatic rings. The fraction of sp³-hybridized carbons (Fsp3) is 0.364. The summed E-state index contributed by atoms with van der Waals surface area (Å²) in [6.45, 7) is 1.64. The van der Waals surface area contributed by atoms with Gasteiger partial charge in [0.15, 0.2) is 0 Å². The Morgan fingerprint density at radius 3 is 3.07 bits per heavy atom. The molecular formula is C11H12BrNO. The summed E-state index contributed by atoms with van der Waals surface area (Å²) >= 11 is 3.52. The van der Waals surface area contributed by atoms with Crippen LogP contribution in [0.5, 0.6) is 0 Å². The molecule has 74 valence electrons. The lowest BCUT2D eigenvalue weighted by atomic mass is 10.1. The van der Waals surface area contributed by atoms with Crippen molar-refractivity contribution in [1.82, 2.24) is 0 Å². The zero-order valence-electron chi connectivity index (χ0n) is 8.01. The number of rotatable bonds is 2. The van der Waals surface area contributed by atoms with Crippen LogP contribution in [0.4, 0.5) is 5.69 Å². The Morgan fingerprint density at radius 2 is 2.43 bits per heavy atom. The van der Waals surface area contributed by atoms with Gasteiger partial charge < -0.3 is 5.32 Å². The molecule has 0 amide bonds. The molecule has 0 radical (unpaired) electrons. The van der Waals surface area contributed by atoms with Gasteiger partial charge in [-0.25, -0.2) is 0 Å². The van der Waals surface area contributed by atoms with Crippen molar-refractivity contribution in [2.24, 2.45) is 0 Å². The first-order valence-corrected chi connectivity index (χ1v) is 5.49. The summed E-state index contributed by atoms with van der Waals surface area (Å²) in [5.74, 6) is 0.242. The van der Waals surface area contributed by atoms with Crippen molar-refractivity contribution in [2.45, 2.75) is 25.8 Å². The standard InChI is InChI=1S/C11H12BrNO/c1-7(14)5-8-6-9-10(12)3-2-4-11(9)13-8/h2-4,8,13H,5-6H2,1H3. The second-order valence-electron chi connectivity index (χ2n) is 3.72. The van der Waals surface area contributed by atoms with Gasteiger partial charge in [-0.1, -0.05) is 22.0 Å². The Labute approximate surface area is 91.8 Å². The fourth-order valence-electron chi connectivity index (χ4n) is 1.89. The summed E-state index contributed by atoms with van der Waals surface area (Å²) in [7, 11) is 0. The van der Waals surface area contributed by atoms with E-state index in [4.69, 9.17) is 0 Å². The first kappa shape index (κ1) is 9.71. The molecular weight excluding hydrogens is 242 g/mol. The van der Waals surface area contributed by atoms with Gasteiger partial charge in [-0.3, -0.25) is 4.79 Å². The van der Waals surface area contributed by atoms with Gasteiger partial charge in [0.25, 0.3) is 0 Å². The van der Waals surface area contributed by atoms with Crippen molar-refractivity contribution in [3.05, 3.63) is 28.2 Å². The number of anilines is 1. The molecule has 1 aliphatic heterocycles. The minimum absolute atomic E-state index is 0.242. The van der Waals surface area contributed by atoms with E-state index in [1.165, 1.54) is 5.56 Å². The molecule has 1 atom stereocenters. The molecule has 0 saturated heterocycles. The van der Waals surface area contributed by atoms with E-state index in [0.717, 1.165) is 16.6 Å². The normalized spacial score (nSPS) is 18.9. The second kappa shape index (κ2) is 3.73. The summed E-state index contributed by atoms with van der Waals surface area (Å²) < 4.78 is 1.13. The highest BCUT2D eigenvalue weighted by Crippen LogP contribution is 2.32. The summed E-state index contributed by atoms with van der Waals surface area (Å²) in [4.78, 5) is 11.0. The number of nitrogens with one attached hydrogen (secondary N) is 1. The predicted molar refractivity (Wildman–Crippen MR) is 60.6 cm³/mol. The van der Waals surface area contributed by atoms with Crippen molar-refractivity contribution < 1.29 is 4.79 Å². The van der Waals surface area contributed by atoms with Gasteiger partial charge in [0, 0.05) is 22.6 Å². The van der Waals surface area contributed by atoms with E-state index in [1.807, 2.05) is 12.1 Å². The molecule has 0 spiro atoms. The molecule has 1 aromatic carbocycles. The van der Waals surface area contributed by atoms with Crippen molar-refractivity contribution in [1.29, 1.82) is 0 Å². The van der Waals surface area contributed by atoms with E-state index < -0.39 is 0 Å². The molecule has 2 nitrogen and oxygen atoms in total. The topological polar surface area (TPSA) is 29.1 Å². The minimum Gasteiger partial charge on any atom is -0.381 e. The number of halogens is 1. The van der Waals surface area contributed by atoms with Crippen molar-refractivity contribution in [3.8, 4) is 0 Å². The van der Waals surface area contributed by atoms with Crippen molar-refractivity contribution in [2.75, 3.05) is 5.32 Å². The van der Waals surface area contributed by atoms with Gasteiger partial charge in [-0.05, 0) is 31.0 Å². The molecule has 0 bridgehead atoms. The largest absolute Gasteiger partial charge is 0.381 e. The number of fused-ring (bicyclic) bond motifs is 1. The molecule has 1 N–H and O–H groups in total. The van der Waals surface area contributed by atoms with Crippen LogP contribution in [0.2, 0.25) is 0 Å². The third-order valence-corrected chi connectivity index (χ3v) is 3.21. The lowest BCUT2D eigenvalue weighted by Gasteiger charge is -2.07. The molecule has 1 unspecified atom stereocenters. The Bertz CT molecular complexity index is 376. The van der Waals surface area contributed by atoms with Crippen LogP contribution in [-0.2, 0) is 11.2 Å². The van der Waals surface area contributed by atoms with Gasteiger partial charge in [0.1, 0.15) is 5.78 Å². The van der Waals surface area contributed by atoms with Gasteiger partial charge in [0.2, 0.25) is 0 Å². The zero-order valence-corrected chi connectivity index (χ0v) is 9.60. The van der Waals surface area contributed by atoms with Crippen molar-refractivity contribution >= 4 is 27.4 Å². The van der Waals surface area contributed by atoms with E-state index in [0.29, 0.717) is 6.42 Å². The lowest BCUT2D eigenvalue weighted by molar-refractivity contribution is -0.117. The van der Waals surface area contributed by atoms with Crippen LogP contribution in [0.15, 0.2) is 22.7 Å². The monoisotopic (exact) mass is 253 g/mol. The maximum Gasteiger partial charge on any atom is 0.131 e. The average molecular weight is 254 g/mol. The molecule has 2 rings (SSSR count). The first-order valence-electron chi connectivity index (χ1n) is 4.70. The molecule has 0 fully saturated rings. The number of benzene rings is 1. The summed E-state index contributed by atoms with van der Waals surface area (Å²) in [5, 5.41) is 3.36. The van der Waals surface area contributed by atoms with Gasteiger partial charge in [-0.2, -0.15) is 0 Å². The summed E-state index contributed by atoms with van der Waals surface area (Å²) in [5.41, 5.74) is 2.45. The van der Waals surface area contributed by atoms with E-state index in [9.17, 15) is 4.79 Å². The number of hydrogen-bond donors (Lipinski definition) is 1. The summed E-state index contributed by atoms with van der Waals surface area (Å²) in [6.07, 6.45) is 1.55. The molecule has 14 heavy (non-hydrogen) atoms. The minimum atomic E-state index is 0.242. The lowest BCUT2D eigenvalue weighted by Crippen LogP contribution is -2.18. The average Bonchev–Trinajstić information content (AvgIpc) is 2.47. The first-order chi connectivity index (χ1) is 6.66. The second-order valence-corrected chi connectivity index (χ2v) is 4.57. The van der Waals surface area contributed by atoms with Crippen LogP contribution in [0.3, 0.4) is 0 Å². The Balaban J connectivity index is 2.18. The predicted octanol–water partition coefficient (Wildman–Crippen LogP) is 2.76. The fourth-order valence-corrected chi connectivity index (χ4v) is 2.42. The number of Topliss-reactive ketones (excluding diaryl/α,β-unsaturated/α-hetero) is 1. The molecule has 0 aromatic heterocycles. The maximum atomic E-state index is 11.0. The highest BCUT2D eigenvalue weighted by molar-refractivity contribution is 9.10. The Kier molecular flexibility index (Phi) is 2.59. The third-order valence-electron chi connectivity index (χ3n) is 2.46. The quantitative estimate of drug-likeness (QED) is 0.879. The number of hydrogen-bond acceptors (Lipinski definition) is 2. The number of ketones is 1. The molecule has 3 heteroatoms. The van der Waals surface area contributed by atoms with E-state index >= 15 is 0 Å². The van der Waals surface area contributed by atoms with Crippen LogP contribution in [-0.4, -0.2) is 11.8 Å². The number of carbonyl (C=O) groups excluding carboxylic acids is 1. The van der Waals surface area contributed by atoms with Crippen LogP contribution >= 0.6 is 15.9 Å². The third kappa shape index (κ3) is 1.82. The number of carbonyl (C=O) groups is 1. The Morgan fingerprint density at radius 1 is 1.64 bits per heavy atom. The van der Waals surface area contributed by atoms with E-state index in [1.54, 1.807) is 6.92 Å². The Hall–Kier alpha value is -0.830. The molecule has 0 aliphatic carbocycles. The zero-order chi connectivity index (χ0) is 10.1. The van der Waals surface area contributed by atoms with Crippen LogP contribution in [0.1, 0.15) is 18.9 Å². The summed E-state index contributed by atoms with van der Waals surface area (Å²) in [6, 6.07) is 6.38. The SMILES string of the molecule is CC(=O)CC1Cc2c(Br)cccc2N1. The highest BCUT2D eigenvalue weighted by Gasteiger charge is 2.22. The smallest absolute Gasteiger partial charge is 0.131 e. The van der Waals surface area contributed by atoms with Crippen LogP contribution in [0.25, 0.3) is 0 Å². The van der Waals surface area contributed by atoms with E-state index in [2.05, 4.69) is 27.3 Å². The molecule has 0 saturated carbocycles. The molecule has 1 heterocycles. The van der Waals surface area contributed by atoms with Gasteiger partial charge >= 0.3 is 0 Å². The van der Waals surface area contributed by atoms with Crippen molar-refractivity contribution in [3.63, 3.8) is 0 Å². The van der Waals surface area contributed by atoms with E-state index in [-0.39, 0.29) is 11.8 Å². The highest BCUT2D eigenvalue weighted by atomic mass is 79.9. The van der Waals surface area contributed by atoms with Crippen LogP contribution < -0.4 is 5.32 Å². The maximum absolute atomic E-state index is 11.0. The van der Waals surface area contributed by atoms with Gasteiger partial charge in [0.05, 0.1) is 0 Å². The van der Waals surface area contributed by atoms with Gasteiger partial charge in [-0.15, -0.1) is 0 Å².